The van der Waals surface area contributed by atoms with Crippen LogP contribution in [0, 0.1) is 0 Å². The Morgan fingerprint density at radius 2 is 2.57 bits per heavy atom. The third kappa shape index (κ3) is 2.67. The molecule has 1 aliphatic heterocycles. The first-order chi connectivity index (χ1) is 6.95. The van der Waals surface area contributed by atoms with Gasteiger partial charge in [-0.3, -0.25) is 0 Å². The number of hydrogen-bond donors (Lipinski definition) is 2. The van der Waals surface area contributed by atoms with Gasteiger partial charge in [0, 0.05) is 18.8 Å². The minimum atomic E-state index is 0.698. The number of nitrogens with zero attached hydrogens (tertiary/aromatic N) is 2. The first-order valence-electron chi connectivity index (χ1n) is 5.18. The van der Waals surface area contributed by atoms with Crippen molar-refractivity contribution in [1.82, 2.24) is 15.3 Å². The van der Waals surface area contributed by atoms with Crippen molar-refractivity contribution in [3.8, 4) is 0 Å². The lowest BCUT2D eigenvalue weighted by atomic mass is 10.1. The first-order valence-corrected chi connectivity index (χ1v) is 5.18. The molecule has 0 radical (unpaired) electrons. The summed E-state index contributed by atoms with van der Waals surface area (Å²) >= 11 is 0. The monoisotopic (exact) mass is 192 g/mol. The quantitative estimate of drug-likeness (QED) is 0.748. The summed E-state index contributed by atoms with van der Waals surface area (Å²) in [4.78, 5) is 7.97. The van der Waals surface area contributed by atoms with E-state index >= 15 is 0 Å². The number of hydrogen-bond acceptors (Lipinski definition) is 4. The Bertz CT molecular complexity index is 256. The Labute approximate surface area is 84.2 Å². The molecule has 0 spiro atoms. The predicted octanol–water partition coefficient (Wildman–Crippen LogP) is 1.03. The van der Waals surface area contributed by atoms with Crippen LogP contribution in [-0.4, -0.2) is 29.1 Å². The van der Waals surface area contributed by atoms with Gasteiger partial charge in [-0.05, 0) is 31.9 Å². The van der Waals surface area contributed by atoms with E-state index in [2.05, 4.69) is 20.6 Å². The Balaban J connectivity index is 1.67. The van der Waals surface area contributed by atoms with Crippen LogP contribution in [0.25, 0.3) is 0 Å². The smallest absolute Gasteiger partial charge is 0.129 e. The molecule has 1 atom stereocenters. The molecule has 0 bridgehead atoms. The highest BCUT2D eigenvalue weighted by molar-refractivity contribution is 5.31. The molecule has 76 valence electrons. The lowest BCUT2D eigenvalue weighted by Gasteiger charge is -2.10. The second-order valence-corrected chi connectivity index (χ2v) is 3.60. The zero-order valence-corrected chi connectivity index (χ0v) is 8.24. The summed E-state index contributed by atoms with van der Waals surface area (Å²) in [5.41, 5.74) is 0. The molecule has 1 aliphatic rings. The lowest BCUT2D eigenvalue weighted by Crippen LogP contribution is -2.24. The SMILES string of the molecule is c1cc(NCCC2CCCN2)ncn1. The molecule has 14 heavy (non-hydrogen) atoms. The van der Waals surface area contributed by atoms with Crippen molar-refractivity contribution in [3.63, 3.8) is 0 Å². The molecule has 2 heterocycles. The summed E-state index contributed by atoms with van der Waals surface area (Å²) in [7, 11) is 0. The summed E-state index contributed by atoms with van der Waals surface area (Å²) < 4.78 is 0. The molecule has 4 heteroatoms. The molecule has 1 aromatic heterocycles. The van der Waals surface area contributed by atoms with Gasteiger partial charge in [-0.2, -0.15) is 0 Å². The van der Waals surface area contributed by atoms with Crippen LogP contribution < -0.4 is 10.6 Å². The number of nitrogens with one attached hydrogen (secondary N) is 2. The molecule has 1 fully saturated rings. The summed E-state index contributed by atoms with van der Waals surface area (Å²) in [6.07, 6.45) is 7.12. The maximum absolute atomic E-state index is 4.10. The van der Waals surface area contributed by atoms with E-state index < -0.39 is 0 Å². The number of aromatic nitrogens is 2. The molecule has 1 saturated heterocycles. The van der Waals surface area contributed by atoms with E-state index in [0.717, 1.165) is 12.4 Å². The van der Waals surface area contributed by atoms with Crippen molar-refractivity contribution >= 4 is 5.82 Å². The summed E-state index contributed by atoms with van der Waals surface area (Å²) in [6, 6.07) is 2.59. The largest absolute Gasteiger partial charge is 0.370 e. The third-order valence-electron chi connectivity index (χ3n) is 2.54. The van der Waals surface area contributed by atoms with Crippen LogP contribution in [0.5, 0.6) is 0 Å². The van der Waals surface area contributed by atoms with Gasteiger partial charge < -0.3 is 10.6 Å². The molecular weight excluding hydrogens is 176 g/mol. The standard InChI is InChI=1S/C10H16N4/c1-2-9(12-5-1)3-7-13-10-4-6-11-8-14-10/h4,6,8-9,12H,1-3,5,7H2,(H,11,13,14). The summed E-state index contributed by atoms with van der Waals surface area (Å²) in [6.45, 7) is 2.16. The van der Waals surface area contributed by atoms with E-state index in [1.165, 1.54) is 25.8 Å². The van der Waals surface area contributed by atoms with Crippen LogP contribution in [0.1, 0.15) is 19.3 Å². The van der Waals surface area contributed by atoms with E-state index in [1.807, 2.05) is 6.07 Å². The summed E-state index contributed by atoms with van der Waals surface area (Å²) in [5.74, 6) is 0.915. The lowest BCUT2D eigenvalue weighted by molar-refractivity contribution is 0.574. The Morgan fingerprint density at radius 1 is 1.57 bits per heavy atom. The van der Waals surface area contributed by atoms with Crippen LogP contribution >= 0.6 is 0 Å². The van der Waals surface area contributed by atoms with Crippen molar-refractivity contribution in [2.45, 2.75) is 25.3 Å². The Morgan fingerprint density at radius 3 is 3.29 bits per heavy atom. The van der Waals surface area contributed by atoms with E-state index in [-0.39, 0.29) is 0 Å². The van der Waals surface area contributed by atoms with Crippen molar-refractivity contribution in [2.24, 2.45) is 0 Å². The average molecular weight is 192 g/mol. The van der Waals surface area contributed by atoms with Crippen molar-refractivity contribution in [2.75, 3.05) is 18.4 Å². The fourth-order valence-electron chi connectivity index (χ4n) is 1.77. The second kappa shape index (κ2) is 4.91. The molecule has 0 aliphatic carbocycles. The zero-order valence-electron chi connectivity index (χ0n) is 8.24. The maximum Gasteiger partial charge on any atom is 0.129 e. The average Bonchev–Trinajstić information content (AvgIpc) is 2.72. The van der Waals surface area contributed by atoms with Gasteiger partial charge in [0.2, 0.25) is 0 Å². The van der Waals surface area contributed by atoms with Gasteiger partial charge in [-0.1, -0.05) is 0 Å². The van der Waals surface area contributed by atoms with Crippen molar-refractivity contribution in [1.29, 1.82) is 0 Å². The van der Waals surface area contributed by atoms with Gasteiger partial charge in [-0.15, -0.1) is 0 Å². The number of rotatable bonds is 4. The molecule has 0 saturated carbocycles. The molecule has 2 rings (SSSR count). The van der Waals surface area contributed by atoms with E-state index in [1.54, 1.807) is 12.5 Å². The molecule has 1 aromatic rings. The minimum absolute atomic E-state index is 0.698. The molecule has 4 nitrogen and oxygen atoms in total. The van der Waals surface area contributed by atoms with E-state index in [4.69, 9.17) is 0 Å². The molecule has 0 amide bonds. The Kier molecular flexibility index (Phi) is 3.29. The zero-order chi connectivity index (χ0) is 9.64. The third-order valence-corrected chi connectivity index (χ3v) is 2.54. The van der Waals surface area contributed by atoms with E-state index in [0.29, 0.717) is 6.04 Å². The van der Waals surface area contributed by atoms with Gasteiger partial charge in [0.05, 0.1) is 0 Å². The number of anilines is 1. The van der Waals surface area contributed by atoms with Gasteiger partial charge in [0.25, 0.3) is 0 Å². The van der Waals surface area contributed by atoms with Gasteiger partial charge in [0.15, 0.2) is 0 Å². The van der Waals surface area contributed by atoms with E-state index in [9.17, 15) is 0 Å². The molecular formula is C10H16N4. The molecule has 0 aromatic carbocycles. The van der Waals surface area contributed by atoms with Crippen LogP contribution in [0.4, 0.5) is 5.82 Å². The first kappa shape index (κ1) is 9.40. The fourth-order valence-corrected chi connectivity index (χ4v) is 1.77. The Hall–Kier alpha value is -1.16. The van der Waals surface area contributed by atoms with Crippen LogP contribution in [0.2, 0.25) is 0 Å². The predicted molar refractivity (Wildman–Crippen MR) is 56.2 cm³/mol. The fraction of sp³-hybridized carbons (Fsp3) is 0.600. The maximum atomic E-state index is 4.10. The van der Waals surface area contributed by atoms with Crippen LogP contribution in [0.15, 0.2) is 18.6 Å². The van der Waals surface area contributed by atoms with Gasteiger partial charge in [0.1, 0.15) is 12.1 Å². The second-order valence-electron chi connectivity index (χ2n) is 3.60. The highest BCUT2D eigenvalue weighted by Gasteiger charge is 2.12. The minimum Gasteiger partial charge on any atom is -0.370 e. The summed E-state index contributed by atoms with van der Waals surface area (Å²) in [5, 5.41) is 6.75. The van der Waals surface area contributed by atoms with Gasteiger partial charge in [-0.25, -0.2) is 9.97 Å². The topological polar surface area (TPSA) is 49.8 Å². The van der Waals surface area contributed by atoms with Gasteiger partial charge >= 0.3 is 0 Å². The normalized spacial score (nSPS) is 21.0. The van der Waals surface area contributed by atoms with Crippen molar-refractivity contribution in [3.05, 3.63) is 18.6 Å². The van der Waals surface area contributed by atoms with Crippen LogP contribution in [0.3, 0.4) is 0 Å². The van der Waals surface area contributed by atoms with Crippen molar-refractivity contribution < 1.29 is 0 Å². The molecule has 2 N–H and O–H groups in total. The highest BCUT2D eigenvalue weighted by atomic mass is 15.0. The molecule has 1 unspecified atom stereocenters. The van der Waals surface area contributed by atoms with Crippen LogP contribution in [-0.2, 0) is 0 Å². The highest BCUT2D eigenvalue weighted by Crippen LogP contribution is 2.08.